The van der Waals surface area contributed by atoms with Crippen molar-refractivity contribution in [2.45, 2.75) is 68.8 Å². The first-order chi connectivity index (χ1) is 23.8. The summed E-state index contributed by atoms with van der Waals surface area (Å²) in [5, 5.41) is 3.10. The van der Waals surface area contributed by atoms with Gasteiger partial charge in [0.15, 0.2) is 0 Å². The summed E-state index contributed by atoms with van der Waals surface area (Å²) < 4.78 is 48.4. The lowest BCUT2D eigenvalue weighted by molar-refractivity contribution is 0.535. The number of hydrogen-bond acceptors (Lipinski definition) is 4. The monoisotopic (exact) mass is 731 g/mol. The van der Waals surface area contributed by atoms with Crippen molar-refractivity contribution in [3.63, 3.8) is 0 Å². The van der Waals surface area contributed by atoms with Gasteiger partial charge in [0.2, 0.25) is 0 Å². The minimum Gasteiger partial charge on any atom is -0.598 e. The number of aromatic nitrogens is 1. The summed E-state index contributed by atoms with van der Waals surface area (Å²) in [4.78, 5) is 0.217. The van der Waals surface area contributed by atoms with Crippen molar-refractivity contribution < 1.29 is 13.0 Å². The van der Waals surface area contributed by atoms with Crippen LogP contribution in [0.3, 0.4) is 0 Å². The van der Waals surface area contributed by atoms with Crippen LogP contribution >= 0.6 is 7.92 Å². The molecule has 1 aromatic heterocycles. The Labute approximate surface area is 310 Å². The number of para-hydroxylation sites is 1. The Bertz CT molecular complexity index is 2120. The molecule has 0 saturated heterocycles. The van der Waals surface area contributed by atoms with Gasteiger partial charge in [-0.05, 0) is 74.0 Å². The van der Waals surface area contributed by atoms with Crippen molar-refractivity contribution in [2.75, 3.05) is 0 Å². The van der Waals surface area contributed by atoms with E-state index in [0.29, 0.717) is 17.4 Å². The Kier molecular flexibility index (Phi) is 11.7. The highest BCUT2D eigenvalue weighted by Gasteiger charge is 2.37. The zero-order valence-corrected chi connectivity index (χ0v) is 32.6. The molecule has 0 aliphatic heterocycles. The van der Waals surface area contributed by atoms with Gasteiger partial charge >= 0.3 is 0 Å². The quantitative estimate of drug-likeness (QED) is 0.0871. The summed E-state index contributed by atoms with van der Waals surface area (Å²) in [6.45, 7) is 12.4. The smallest absolute Gasteiger partial charge is 0.268 e. The second kappa shape index (κ2) is 15.5. The van der Waals surface area contributed by atoms with Gasteiger partial charge < -0.3 is 4.55 Å². The molecular weight excluding hydrogens is 686 g/mol. The Morgan fingerprint density at radius 3 is 1.71 bits per heavy atom. The van der Waals surface area contributed by atoms with E-state index < -0.39 is 40.1 Å². The molecule has 2 atom stereocenters. The fraction of sp³-hybridized carbons (Fsp3) is 0.238. The van der Waals surface area contributed by atoms with Gasteiger partial charge in [-0.25, -0.2) is 12.4 Å². The lowest BCUT2D eigenvalue weighted by Gasteiger charge is -2.30. The summed E-state index contributed by atoms with van der Waals surface area (Å²) in [6.07, 6.45) is 0.444. The van der Waals surface area contributed by atoms with Gasteiger partial charge in [0, 0.05) is 42.6 Å². The van der Waals surface area contributed by atoms with E-state index in [1.807, 2.05) is 87.5 Å². The molecule has 0 aliphatic rings. The predicted molar refractivity (Wildman–Crippen MR) is 218 cm³/mol. The van der Waals surface area contributed by atoms with E-state index in [9.17, 15) is 13.0 Å². The molecule has 0 aliphatic carbocycles. The van der Waals surface area contributed by atoms with Crippen LogP contribution in [0, 0.1) is 0 Å². The van der Waals surface area contributed by atoms with Gasteiger partial charge in [0.1, 0.15) is 10.8 Å². The molecule has 0 amide bonds. The lowest BCUT2D eigenvalue weighted by atomic mass is 9.85. The van der Waals surface area contributed by atoms with Crippen LogP contribution in [0.4, 0.5) is 0 Å². The minimum absolute atomic E-state index is 0. The van der Waals surface area contributed by atoms with Crippen LogP contribution < -0.4 is 15.3 Å². The van der Waals surface area contributed by atoms with E-state index in [-0.39, 0.29) is 18.7 Å². The average Bonchev–Trinajstić information content (AvgIpc) is 3.44. The molecule has 5 aromatic carbocycles. The average molecular weight is 732 g/mol. The normalized spacial score (nSPS) is 13.6. The van der Waals surface area contributed by atoms with E-state index in [0.717, 1.165) is 27.1 Å². The highest BCUT2D eigenvalue weighted by atomic mass is 32.2. The van der Waals surface area contributed by atoms with Crippen molar-refractivity contribution in [1.29, 1.82) is 0 Å². The Hall–Kier alpha value is -3.65. The first kappa shape index (κ1) is 38.6. The summed E-state index contributed by atoms with van der Waals surface area (Å²) >= 11 is -1.48. The molecule has 3 radical (unpaired) electrons. The van der Waals surface area contributed by atoms with E-state index in [1.165, 1.54) is 5.56 Å². The number of nitrogens with zero attached hydrogens (tertiary/aromatic N) is 1. The second-order valence-corrected chi connectivity index (χ2v) is 20.5. The number of rotatable bonds is 10. The summed E-state index contributed by atoms with van der Waals surface area (Å²) in [7, 11) is -5.12. The summed E-state index contributed by atoms with van der Waals surface area (Å²) in [6, 6.07) is 44.9. The maximum absolute atomic E-state index is 14.9. The zero-order valence-electron chi connectivity index (χ0n) is 30.1. The summed E-state index contributed by atoms with van der Waals surface area (Å²) in [5.41, 5.74) is 4.14. The molecule has 0 saturated carbocycles. The molecule has 0 fully saturated rings. The van der Waals surface area contributed by atoms with E-state index in [4.69, 9.17) is 0 Å². The van der Waals surface area contributed by atoms with Crippen LogP contribution in [0.1, 0.15) is 70.0 Å². The summed E-state index contributed by atoms with van der Waals surface area (Å²) in [5.74, 6) is 0. The van der Waals surface area contributed by atoms with Gasteiger partial charge in [-0.3, -0.25) is 0 Å². The van der Waals surface area contributed by atoms with Gasteiger partial charge in [-0.2, -0.15) is 0 Å². The van der Waals surface area contributed by atoms with Crippen molar-refractivity contribution in [3.8, 4) is 0 Å². The van der Waals surface area contributed by atoms with E-state index in [1.54, 1.807) is 28.2 Å². The lowest BCUT2D eigenvalue weighted by Crippen LogP contribution is -2.41. The number of nitrogens with one attached hydrogen (secondary N) is 1. The fourth-order valence-electron chi connectivity index (χ4n) is 6.18. The van der Waals surface area contributed by atoms with Crippen LogP contribution in [0.5, 0.6) is 0 Å². The molecular formula is C42H45BN2O3PS2. The molecule has 1 heterocycles. The van der Waals surface area contributed by atoms with E-state index >= 15 is 0 Å². The number of hydrogen-bond donors (Lipinski definition) is 1. The molecule has 0 spiro atoms. The van der Waals surface area contributed by atoms with Crippen LogP contribution in [0.2, 0.25) is 0 Å². The van der Waals surface area contributed by atoms with Crippen molar-refractivity contribution >= 4 is 59.2 Å². The molecule has 2 unspecified atom stereocenters. The van der Waals surface area contributed by atoms with Crippen molar-refractivity contribution in [3.05, 3.63) is 162 Å². The van der Waals surface area contributed by atoms with Gasteiger partial charge in [-0.1, -0.05) is 142 Å². The van der Waals surface area contributed by atoms with Gasteiger partial charge in [0.05, 0.1) is 10.4 Å². The van der Waals surface area contributed by atoms with Crippen LogP contribution in [0.25, 0.3) is 10.9 Å². The molecule has 9 heteroatoms. The first-order valence-electron chi connectivity index (χ1n) is 16.9. The SMILES string of the molecule is CC(C)(C)c1ccc(C(N[S+]([O-])C(C)(C)C)c2c(CP(c3ccccc3)c3ccccc3)n(S(=O)(=O)c3ccccc3)c3ccccc23)cc1.[B]. The fourth-order valence-corrected chi connectivity index (χ4v) is 11.0. The third kappa shape index (κ3) is 8.22. The van der Waals surface area contributed by atoms with Crippen LogP contribution in [-0.4, -0.2) is 30.1 Å². The molecule has 1 N–H and O–H groups in total. The number of fused-ring (bicyclic) bond motifs is 1. The maximum atomic E-state index is 14.9. The van der Waals surface area contributed by atoms with E-state index in [2.05, 4.69) is 74.0 Å². The molecule has 51 heavy (non-hydrogen) atoms. The maximum Gasteiger partial charge on any atom is 0.268 e. The Morgan fingerprint density at radius 2 is 1.20 bits per heavy atom. The molecule has 5 nitrogen and oxygen atoms in total. The Balaban J connectivity index is 0.00000504. The molecule has 261 valence electrons. The standard InChI is InChI=1S/C42H45N2O3PS2.B/c1-41(2,3)32-28-26-31(27-29-32)40(43-49(45)42(4,5)6)39-36-24-16-17-25-37(36)44(50(46,47)35-22-14-9-15-23-35)38(39)30-48(33-18-10-7-11-19-33)34-20-12-8-13-21-34;/h7-29,40,43H,30H2,1-6H3;. The molecule has 6 rings (SSSR count). The third-order valence-electron chi connectivity index (χ3n) is 8.87. The van der Waals surface area contributed by atoms with Crippen LogP contribution in [-0.2, 0) is 33.0 Å². The highest BCUT2D eigenvalue weighted by Crippen LogP contribution is 2.45. The highest BCUT2D eigenvalue weighted by molar-refractivity contribution is 7.91. The minimum atomic E-state index is -4.06. The predicted octanol–water partition coefficient (Wildman–Crippen LogP) is 8.57. The zero-order chi connectivity index (χ0) is 35.7. The largest absolute Gasteiger partial charge is 0.598 e. The first-order valence-corrected chi connectivity index (χ1v) is 21.0. The van der Waals surface area contributed by atoms with Crippen LogP contribution in [0.15, 0.2) is 144 Å². The molecule has 0 bridgehead atoms. The van der Waals surface area contributed by atoms with Gasteiger partial charge in [-0.15, -0.1) is 4.72 Å². The third-order valence-corrected chi connectivity index (χ3v) is 14.7. The van der Waals surface area contributed by atoms with Crippen molar-refractivity contribution in [1.82, 2.24) is 8.69 Å². The molecule has 6 aromatic rings. The Morgan fingerprint density at radius 1 is 0.706 bits per heavy atom. The van der Waals surface area contributed by atoms with Gasteiger partial charge in [0.25, 0.3) is 10.0 Å². The second-order valence-electron chi connectivity index (χ2n) is 14.5. The number of benzene rings is 5. The topological polar surface area (TPSA) is 74.2 Å². The van der Waals surface area contributed by atoms with Crippen molar-refractivity contribution in [2.24, 2.45) is 0 Å².